The summed E-state index contributed by atoms with van der Waals surface area (Å²) in [5.74, 6) is -0.0403. The Morgan fingerprint density at radius 1 is 1.40 bits per heavy atom. The van der Waals surface area contributed by atoms with Crippen molar-refractivity contribution in [2.24, 2.45) is 0 Å². The molecular formula is C9H9F3O2S. The molecule has 2 nitrogen and oxygen atoms in total. The number of hydrogen-bond acceptors (Lipinski definition) is 2. The van der Waals surface area contributed by atoms with Crippen molar-refractivity contribution in [2.75, 3.05) is 12.2 Å². The molecule has 1 atom stereocenters. The zero-order valence-electron chi connectivity index (χ0n) is 7.88. The summed E-state index contributed by atoms with van der Waals surface area (Å²) in [7, 11) is -1.20. The largest absolute Gasteiger partial charge is 0.480 e. The van der Waals surface area contributed by atoms with Crippen molar-refractivity contribution < 1.29 is 22.1 Å². The Balaban J connectivity index is 2.79. The highest BCUT2D eigenvalue weighted by Gasteiger charge is 2.30. The van der Waals surface area contributed by atoms with Gasteiger partial charge >= 0.3 is 6.18 Å². The molecule has 0 aliphatic carbocycles. The summed E-state index contributed by atoms with van der Waals surface area (Å²) < 4.78 is 52.3. The number of benzene rings is 1. The Morgan fingerprint density at radius 3 is 2.60 bits per heavy atom. The summed E-state index contributed by atoms with van der Waals surface area (Å²) >= 11 is 0. The predicted molar refractivity (Wildman–Crippen MR) is 51.0 cm³/mol. The molecule has 0 fully saturated rings. The monoisotopic (exact) mass is 238 g/mol. The van der Waals surface area contributed by atoms with E-state index in [-0.39, 0.29) is 11.7 Å². The van der Waals surface area contributed by atoms with Gasteiger partial charge in [-0.2, -0.15) is 13.2 Å². The molecule has 0 aliphatic rings. The van der Waals surface area contributed by atoms with Crippen molar-refractivity contribution in [1.82, 2.24) is 0 Å². The molecule has 0 amide bonds. The van der Waals surface area contributed by atoms with Crippen LogP contribution in [0.2, 0.25) is 0 Å². The number of rotatable bonds is 3. The van der Waals surface area contributed by atoms with Crippen LogP contribution in [0.5, 0.6) is 5.75 Å². The Bertz CT molecular complexity index is 363. The van der Waals surface area contributed by atoms with Gasteiger partial charge in [-0.15, -0.1) is 0 Å². The number of ether oxygens (including phenoxy) is 1. The summed E-state index contributed by atoms with van der Waals surface area (Å²) in [5.41, 5.74) is -0.776. The molecule has 0 bridgehead atoms. The standard InChI is InChI=1S/C9H9F3O2S/c1-15(13)6-14-8-4-2-3-7(5-8)9(10,11)12/h2-5H,6H2,1H3. The van der Waals surface area contributed by atoms with E-state index in [0.29, 0.717) is 0 Å². The van der Waals surface area contributed by atoms with Crippen LogP contribution < -0.4 is 4.74 Å². The van der Waals surface area contributed by atoms with Crippen LogP contribution in [0.1, 0.15) is 5.56 Å². The Labute approximate surface area is 87.5 Å². The van der Waals surface area contributed by atoms with Gasteiger partial charge in [0.05, 0.1) is 16.4 Å². The number of halogens is 3. The minimum atomic E-state index is -4.38. The van der Waals surface area contributed by atoms with E-state index in [1.165, 1.54) is 18.4 Å². The van der Waals surface area contributed by atoms with E-state index >= 15 is 0 Å². The first-order valence-corrected chi connectivity index (χ1v) is 5.72. The summed E-state index contributed by atoms with van der Waals surface area (Å²) in [6.45, 7) is 0. The van der Waals surface area contributed by atoms with Crippen LogP contribution in [0.4, 0.5) is 13.2 Å². The molecule has 0 heterocycles. The second kappa shape index (κ2) is 4.65. The first-order chi connectivity index (χ1) is 6.89. The Morgan fingerprint density at radius 2 is 2.07 bits per heavy atom. The van der Waals surface area contributed by atoms with Gasteiger partial charge in [0.2, 0.25) is 0 Å². The highest BCUT2D eigenvalue weighted by atomic mass is 32.2. The van der Waals surface area contributed by atoms with Crippen molar-refractivity contribution in [1.29, 1.82) is 0 Å². The maximum atomic E-state index is 12.3. The third-order valence-electron chi connectivity index (χ3n) is 1.55. The summed E-state index contributed by atoms with van der Waals surface area (Å²) in [6.07, 6.45) is -2.97. The van der Waals surface area contributed by atoms with Gasteiger partial charge in [-0.05, 0) is 18.2 Å². The van der Waals surface area contributed by atoms with Crippen LogP contribution in [0.3, 0.4) is 0 Å². The molecule has 0 saturated carbocycles. The molecule has 0 spiro atoms. The summed E-state index contributed by atoms with van der Waals surface area (Å²) in [6, 6.07) is 4.47. The van der Waals surface area contributed by atoms with E-state index in [1.54, 1.807) is 0 Å². The van der Waals surface area contributed by atoms with Gasteiger partial charge in [0, 0.05) is 6.26 Å². The second-order valence-corrected chi connectivity index (χ2v) is 4.24. The predicted octanol–water partition coefficient (Wildman–Crippen LogP) is 2.42. The van der Waals surface area contributed by atoms with Crippen LogP contribution in [0.25, 0.3) is 0 Å². The molecule has 0 aromatic heterocycles. The van der Waals surface area contributed by atoms with Gasteiger partial charge in [-0.25, -0.2) is 0 Å². The fourth-order valence-corrected chi connectivity index (χ4v) is 1.22. The molecule has 0 N–H and O–H groups in total. The van der Waals surface area contributed by atoms with Gasteiger partial charge < -0.3 is 4.74 Å². The lowest BCUT2D eigenvalue weighted by Gasteiger charge is -2.09. The first-order valence-electron chi connectivity index (χ1n) is 3.99. The van der Waals surface area contributed by atoms with E-state index < -0.39 is 22.5 Å². The van der Waals surface area contributed by atoms with Gasteiger partial charge in [0.15, 0.2) is 5.94 Å². The molecule has 0 saturated heterocycles. The van der Waals surface area contributed by atoms with Crippen molar-refractivity contribution >= 4 is 10.8 Å². The van der Waals surface area contributed by atoms with Crippen molar-refractivity contribution in [2.45, 2.75) is 6.18 Å². The second-order valence-electron chi connectivity index (χ2n) is 2.86. The van der Waals surface area contributed by atoms with E-state index in [1.807, 2.05) is 0 Å². The third kappa shape index (κ3) is 3.91. The van der Waals surface area contributed by atoms with Crippen molar-refractivity contribution in [3.05, 3.63) is 29.8 Å². The average molecular weight is 238 g/mol. The minimum Gasteiger partial charge on any atom is -0.480 e. The highest BCUT2D eigenvalue weighted by molar-refractivity contribution is 7.84. The van der Waals surface area contributed by atoms with Crippen LogP contribution in [-0.2, 0) is 17.0 Å². The zero-order valence-corrected chi connectivity index (χ0v) is 8.69. The molecule has 15 heavy (non-hydrogen) atoms. The van der Waals surface area contributed by atoms with Gasteiger partial charge in [0.25, 0.3) is 0 Å². The van der Waals surface area contributed by atoms with Crippen LogP contribution >= 0.6 is 0 Å². The average Bonchev–Trinajstić information content (AvgIpc) is 2.14. The summed E-state index contributed by atoms with van der Waals surface area (Å²) in [5, 5.41) is 0. The molecule has 1 unspecified atom stereocenters. The molecule has 1 rings (SSSR count). The number of hydrogen-bond donors (Lipinski definition) is 0. The quantitative estimate of drug-likeness (QED) is 0.808. The summed E-state index contributed by atoms with van der Waals surface area (Å²) in [4.78, 5) is 0. The minimum absolute atomic E-state index is 0.0695. The van der Waals surface area contributed by atoms with Crippen LogP contribution in [-0.4, -0.2) is 16.4 Å². The Hall–Kier alpha value is -1.04. The number of alkyl halides is 3. The molecule has 0 radical (unpaired) electrons. The third-order valence-corrected chi connectivity index (χ3v) is 2.00. The molecule has 0 aliphatic heterocycles. The molecule has 84 valence electrons. The SMILES string of the molecule is CS(=O)COc1cccc(C(F)(F)F)c1. The lowest BCUT2D eigenvalue weighted by molar-refractivity contribution is -0.137. The lowest BCUT2D eigenvalue weighted by Crippen LogP contribution is -2.07. The van der Waals surface area contributed by atoms with E-state index in [4.69, 9.17) is 4.74 Å². The molecule has 1 aromatic carbocycles. The topological polar surface area (TPSA) is 26.3 Å². The van der Waals surface area contributed by atoms with E-state index in [0.717, 1.165) is 12.1 Å². The smallest absolute Gasteiger partial charge is 0.416 e. The fourth-order valence-electron chi connectivity index (χ4n) is 0.913. The van der Waals surface area contributed by atoms with Crippen LogP contribution in [0.15, 0.2) is 24.3 Å². The van der Waals surface area contributed by atoms with E-state index in [2.05, 4.69) is 0 Å². The Kier molecular flexibility index (Phi) is 3.73. The van der Waals surface area contributed by atoms with Crippen molar-refractivity contribution in [3.63, 3.8) is 0 Å². The van der Waals surface area contributed by atoms with Gasteiger partial charge in [0.1, 0.15) is 5.75 Å². The lowest BCUT2D eigenvalue weighted by atomic mass is 10.2. The maximum Gasteiger partial charge on any atom is 0.416 e. The maximum absolute atomic E-state index is 12.3. The van der Waals surface area contributed by atoms with Gasteiger partial charge in [-0.1, -0.05) is 6.07 Å². The van der Waals surface area contributed by atoms with Crippen molar-refractivity contribution in [3.8, 4) is 5.75 Å². The van der Waals surface area contributed by atoms with Gasteiger partial charge in [-0.3, -0.25) is 4.21 Å². The fraction of sp³-hybridized carbons (Fsp3) is 0.333. The molecular weight excluding hydrogens is 229 g/mol. The molecule has 6 heteroatoms. The zero-order chi connectivity index (χ0) is 11.5. The normalized spacial score (nSPS) is 13.6. The van der Waals surface area contributed by atoms with Crippen LogP contribution in [0, 0.1) is 0 Å². The highest BCUT2D eigenvalue weighted by Crippen LogP contribution is 2.31. The van der Waals surface area contributed by atoms with E-state index in [9.17, 15) is 17.4 Å². The first kappa shape index (κ1) is 12.0. The molecule has 1 aromatic rings.